The van der Waals surface area contributed by atoms with Crippen LogP contribution in [0, 0.1) is 11.6 Å². The first kappa shape index (κ1) is 18.9. The van der Waals surface area contributed by atoms with Gasteiger partial charge in [0.2, 0.25) is 0 Å². The summed E-state index contributed by atoms with van der Waals surface area (Å²) in [5.74, 6) is -2.87. The zero-order chi connectivity index (χ0) is 18.6. The molecule has 0 spiro atoms. The lowest BCUT2D eigenvalue weighted by Crippen LogP contribution is -2.30. The summed E-state index contributed by atoms with van der Waals surface area (Å²) in [5, 5.41) is 2.49. The van der Waals surface area contributed by atoms with Crippen LogP contribution in [0.3, 0.4) is 0 Å². The summed E-state index contributed by atoms with van der Waals surface area (Å²) in [4.78, 5) is 12.2. The van der Waals surface area contributed by atoms with Gasteiger partial charge >= 0.3 is 0 Å². The van der Waals surface area contributed by atoms with E-state index < -0.39 is 33.5 Å². The topological polar surface area (TPSA) is 72.5 Å². The van der Waals surface area contributed by atoms with Gasteiger partial charge in [-0.05, 0) is 31.2 Å². The Morgan fingerprint density at radius 3 is 2.48 bits per heavy atom. The van der Waals surface area contributed by atoms with E-state index in [1.54, 1.807) is 12.1 Å². The summed E-state index contributed by atoms with van der Waals surface area (Å²) in [7, 11) is -3.52. The van der Waals surface area contributed by atoms with Crippen LogP contribution in [0.4, 0.5) is 14.5 Å². The first-order valence-electron chi connectivity index (χ1n) is 7.49. The highest BCUT2D eigenvalue weighted by atomic mass is 32.2. The summed E-state index contributed by atoms with van der Waals surface area (Å²) in [6.45, 7) is 2.91. The SMILES string of the molecule is CCS(=O)(=O)c1ccccc1NC(=O)C(C)Oc1ccc(F)c(F)c1. The van der Waals surface area contributed by atoms with Crippen molar-refractivity contribution < 1.29 is 26.7 Å². The minimum Gasteiger partial charge on any atom is -0.481 e. The highest BCUT2D eigenvalue weighted by Gasteiger charge is 2.21. The molecule has 0 saturated carbocycles. The number of ether oxygens (including phenoxy) is 1. The molecule has 8 heteroatoms. The largest absolute Gasteiger partial charge is 0.481 e. The molecule has 2 aromatic carbocycles. The fourth-order valence-electron chi connectivity index (χ4n) is 2.04. The molecule has 1 amide bonds. The number of benzene rings is 2. The molecule has 0 fully saturated rings. The number of rotatable bonds is 6. The summed E-state index contributed by atoms with van der Waals surface area (Å²) in [5.41, 5.74) is 0.134. The number of halogens is 2. The van der Waals surface area contributed by atoms with Gasteiger partial charge in [0.15, 0.2) is 27.6 Å². The maximum Gasteiger partial charge on any atom is 0.265 e. The first-order chi connectivity index (χ1) is 11.7. The second-order valence-corrected chi connectivity index (χ2v) is 7.47. The number of anilines is 1. The van der Waals surface area contributed by atoms with Gasteiger partial charge in [0.05, 0.1) is 16.3 Å². The van der Waals surface area contributed by atoms with Crippen molar-refractivity contribution in [2.75, 3.05) is 11.1 Å². The minimum atomic E-state index is -3.52. The molecule has 0 aliphatic heterocycles. The van der Waals surface area contributed by atoms with Crippen LogP contribution in [0.2, 0.25) is 0 Å². The summed E-state index contributed by atoms with van der Waals surface area (Å²) in [6, 6.07) is 8.91. The monoisotopic (exact) mass is 369 g/mol. The average molecular weight is 369 g/mol. The Bertz CT molecular complexity index is 884. The third kappa shape index (κ3) is 4.54. The van der Waals surface area contributed by atoms with Crippen molar-refractivity contribution in [3.05, 3.63) is 54.1 Å². The van der Waals surface area contributed by atoms with Crippen molar-refractivity contribution in [2.24, 2.45) is 0 Å². The van der Waals surface area contributed by atoms with Gasteiger partial charge in [-0.15, -0.1) is 0 Å². The zero-order valence-electron chi connectivity index (χ0n) is 13.6. The molecule has 2 aromatic rings. The lowest BCUT2D eigenvalue weighted by atomic mass is 10.3. The summed E-state index contributed by atoms with van der Waals surface area (Å²) in [6.07, 6.45) is -1.05. The molecule has 0 aliphatic carbocycles. The molecule has 0 heterocycles. The smallest absolute Gasteiger partial charge is 0.265 e. The Balaban J connectivity index is 2.15. The predicted octanol–water partition coefficient (Wildman–Crippen LogP) is 3.16. The maximum absolute atomic E-state index is 13.2. The second-order valence-electron chi connectivity index (χ2n) is 5.22. The van der Waals surface area contributed by atoms with Gasteiger partial charge in [0.25, 0.3) is 5.91 Å². The van der Waals surface area contributed by atoms with Gasteiger partial charge in [0.1, 0.15) is 5.75 Å². The van der Waals surface area contributed by atoms with Gasteiger partial charge < -0.3 is 10.1 Å². The molecule has 134 valence electrons. The zero-order valence-corrected chi connectivity index (χ0v) is 14.4. The molecule has 0 bridgehead atoms. The molecule has 0 radical (unpaired) electrons. The van der Waals surface area contributed by atoms with E-state index in [1.165, 1.54) is 32.0 Å². The quantitative estimate of drug-likeness (QED) is 0.849. The van der Waals surface area contributed by atoms with E-state index in [1.807, 2.05) is 0 Å². The summed E-state index contributed by atoms with van der Waals surface area (Å²) < 4.78 is 55.5. The predicted molar refractivity (Wildman–Crippen MR) is 89.2 cm³/mol. The van der Waals surface area contributed by atoms with Gasteiger partial charge in [-0.1, -0.05) is 19.1 Å². The Labute approximate surface area is 144 Å². The fourth-order valence-corrected chi connectivity index (χ4v) is 3.09. The number of sulfone groups is 1. The van der Waals surface area contributed by atoms with Crippen LogP contribution >= 0.6 is 0 Å². The van der Waals surface area contributed by atoms with E-state index in [0.717, 1.165) is 12.1 Å². The van der Waals surface area contributed by atoms with Crippen molar-refractivity contribution in [3.63, 3.8) is 0 Å². The molecule has 1 atom stereocenters. The molecule has 1 unspecified atom stereocenters. The van der Waals surface area contributed by atoms with Crippen LogP contribution in [-0.4, -0.2) is 26.2 Å². The summed E-state index contributed by atoms with van der Waals surface area (Å²) >= 11 is 0. The maximum atomic E-state index is 13.2. The van der Waals surface area contributed by atoms with Crippen molar-refractivity contribution in [2.45, 2.75) is 24.8 Å². The molecule has 2 rings (SSSR count). The van der Waals surface area contributed by atoms with Crippen LogP contribution in [0.15, 0.2) is 47.4 Å². The Hall–Kier alpha value is -2.48. The molecule has 0 aromatic heterocycles. The number of hydrogen-bond donors (Lipinski definition) is 1. The Morgan fingerprint density at radius 2 is 1.84 bits per heavy atom. The Kier molecular flexibility index (Phi) is 5.73. The highest BCUT2D eigenvalue weighted by molar-refractivity contribution is 7.91. The van der Waals surface area contributed by atoms with Crippen LogP contribution in [0.5, 0.6) is 5.75 Å². The van der Waals surface area contributed by atoms with E-state index in [0.29, 0.717) is 0 Å². The van der Waals surface area contributed by atoms with E-state index in [9.17, 15) is 22.0 Å². The van der Waals surface area contributed by atoms with Gasteiger partial charge in [0, 0.05) is 6.07 Å². The standard InChI is InChI=1S/C17H17F2NO4S/c1-3-25(22,23)16-7-5-4-6-15(16)20-17(21)11(2)24-12-8-9-13(18)14(19)10-12/h4-11H,3H2,1-2H3,(H,20,21). The number of para-hydroxylation sites is 1. The molecule has 0 aliphatic rings. The first-order valence-corrected chi connectivity index (χ1v) is 9.14. The lowest BCUT2D eigenvalue weighted by molar-refractivity contribution is -0.122. The van der Waals surface area contributed by atoms with Crippen molar-refractivity contribution in [3.8, 4) is 5.75 Å². The number of nitrogens with one attached hydrogen (secondary N) is 1. The van der Waals surface area contributed by atoms with Crippen LogP contribution < -0.4 is 10.1 Å². The van der Waals surface area contributed by atoms with Crippen LogP contribution in [0.1, 0.15) is 13.8 Å². The third-order valence-electron chi connectivity index (χ3n) is 3.43. The van der Waals surface area contributed by atoms with Gasteiger partial charge in [-0.2, -0.15) is 0 Å². The van der Waals surface area contributed by atoms with Crippen molar-refractivity contribution in [1.82, 2.24) is 0 Å². The fraction of sp³-hybridized carbons (Fsp3) is 0.235. The number of hydrogen-bond acceptors (Lipinski definition) is 4. The highest BCUT2D eigenvalue weighted by Crippen LogP contribution is 2.23. The second kappa shape index (κ2) is 7.60. The van der Waals surface area contributed by atoms with Crippen molar-refractivity contribution in [1.29, 1.82) is 0 Å². The molecule has 25 heavy (non-hydrogen) atoms. The lowest BCUT2D eigenvalue weighted by Gasteiger charge is -2.16. The number of carbonyl (C=O) groups is 1. The number of carbonyl (C=O) groups excluding carboxylic acids is 1. The molecule has 5 nitrogen and oxygen atoms in total. The van der Waals surface area contributed by atoms with E-state index >= 15 is 0 Å². The van der Waals surface area contributed by atoms with Gasteiger partial charge in [-0.3, -0.25) is 4.79 Å². The van der Waals surface area contributed by atoms with Crippen LogP contribution in [0.25, 0.3) is 0 Å². The van der Waals surface area contributed by atoms with E-state index in [4.69, 9.17) is 4.74 Å². The number of amides is 1. The van der Waals surface area contributed by atoms with E-state index in [2.05, 4.69) is 5.32 Å². The molecular formula is C17H17F2NO4S. The van der Waals surface area contributed by atoms with E-state index in [-0.39, 0.29) is 22.1 Å². The average Bonchev–Trinajstić information content (AvgIpc) is 2.58. The molecule has 1 N–H and O–H groups in total. The van der Waals surface area contributed by atoms with Gasteiger partial charge in [-0.25, -0.2) is 17.2 Å². The third-order valence-corrected chi connectivity index (χ3v) is 5.22. The van der Waals surface area contributed by atoms with Crippen molar-refractivity contribution >= 4 is 21.4 Å². The minimum absolute atomic E-state index is 0.00544. The molecule has 0 saturated heterocycles. The van der Waals surface area contributed by atoms with Crippen LogP contribution in [-0.2, 0) is 14.6 Å². The Morgan fingerprint density at radius 1 is 1.16 bits per heavy atom. The normalized spacial score (nSPS) is 12.5. The molecular weight excluding hydrogens is 352 g/mol.